The number of rotatable bonds is 0. The van der Waals surface area contributed by atoms with Gasteiger partial charge in [0.1, 0.15) is 33.8 Å². The van der Waals surface area contributed by atoms with Gasteiger partial charge in [0.15, 0.2) is 5.65 Å². The highest BCUT2D eigenvalue weighted by molar-refractivity contribution is 6.38. The topological polar surface area (TPSA) is 155 Å². The molecule has 0 bridgehead atoms. The third kappa shape index (κ3) is 9.37. The van der Waals surface area contributed by atoms with Gasteiger partial charge in [0, 0.05) is 73.3 Å². The zero-order chi connectivity index (χ0) is 79.0. The van der Waals surface area contributed by atoms with E-state index >= 15 is 0 Å². The van der Waals surface area contributed by atoms with E-state index in [4.69, 9.17) is 58.0 Å². The number of hydrogen-bond acceptors (Lipinski definition) is 10. The van der Waals surface area contributed by atoms with Crippen LogP contribution in [0.4, 0.5) is 11.6 Å². The zero-order valence-electron chi connectivity index (χ0n) is 63.5. The van der Waals surface area contributed by atoms with Crippen LogP contribution in [0, 0.1) is 13.1 Å². The smallest absolute Gasteiger partial charge is 0.295 e. The predicted octanol–water partition coefficient (Wildman–Crippen LogP) is 25.9. The molecule has 0 atom stereocenters. The standard InChI is InChI=1S/C27H12N6.2C26H15N3.C25H14N4/c1-28-24-25(29-2)32-27-23(31-24)21-17-11-5-3-9-15(17)16-10-4-6-12-18(16)22(21)26-30-19-13-7-8-14-20(19)33(26)27;1-3-10-18-16(8-1)17-9-2-4-11-19(17)24-23(18)20-12-7-15-27-25(20)29-22-14-6-5-13-21(22)28-26(24)29;1-3-10-18-16(8-1)17-9-2-4-11-19(17)24-23(18)25-22(14-7-15-27-25)29-21-13-6-5-12-20(21)28-26(24)29;1-3-9-17-15(7-1)16-8-2-4-10-18(16)22-21(17)23-25(27-14-13-26-23)29-20-12-6-5-11-19(20)28-24(22)29/h3-14H;2*1-15H;1-14H. The molecule has 552 valence electrons. The summed E-state index contributed by atoms with van der Waals surface area (Å²) in [5, 5.41) is 29.1. The predicted molar refractivity (Wildman–Crippen MR) is 490 cm³/mol. The second kappa shape index (κ2) is 25.7. The number of pyridine rings is 6. The fourth-order valence-corrected chi connectivity index (χ4v) is 19.3. The average molecular weight is 1530 g/mol. The first-order valence-electron chi connectivity index (χ1n) is 39.6. The molecule has 0 saturated heterocycles. The fraction of sp³-hybridized carbons (Fsp3) is 0. The van der Waals surface area contributed by atoms with Crippen LogP contribution in [-0.4, -0.2) is 67.4 Å². The van der Waals surface area contributed by atoms with Gasteiger partial charge in [-0.3, -0.25) is 27.6 Å². The highest BCUT2D eigenvalue weighted by Gasteiger charge is 2.28. The summed E-state index contributed by atoms with van der Waals surface area (Å²) in [7, 11) is 0. The number of fused-ring (bicyclic) bond motifs is 52. The van der Waals surface area contributed by atoms with Crippen molar-refractivity contribution in [2.45, 2.75) is 0 Å². The molecule has 120 heavy (non-hydrogen) atoms. The van der Waals surface area contributed by atoms with Crippen molar-refractivity contribution in [3.05, 3.63) is 363 Å². The van der Waals surface area contributed by atoms with E-state index in [9.17, 15) is 0 Å². The first-order chi connectivity index (χ1) is 59.5. The van der Waals surface area contributed by atoms with E-state index in [0.29, 0.717) is 11.2 Å². The Morgan fingerprint density at radius 1 is 0.175 bits per heavy atom. The van der Waals surface area contributed by atoms with E-state index in [-0.39, 0.29) is 11.6 Å². The van der Waals surface area contributed by atoms with Gasteiger partial charge >= 0.3 is 0 Å². The molecular formula is C104H56N16. The minimum Gasteiger partial charge on any atom is -0.370 e. The summed E-state index contributed by atoms with van der Waals surface area (Å²) in [4.78, 5) is 55.7. The molecule has 0 aliphatic carbocycles. The lowest BCUT2D eigenvalue weighted by Gasteiger charge is -2.14. The normalized spacial score (nSPS) is 12.0. The molecule has 28 aromatic rings. The Morgan fingerprint density at radius 2 is 0.442 bits per heavy atom. The van der Waals surface area contributed by atoms with E-state index in [2.05, 4.69) is 258 Å². The van der Waals surface area contributed by atoms with Crippen molar-refractivity contribution in [3.8, 4) is 0 Å². The Bertz CT molecular complexity index is 8890. The van der Waals surface area contributed by atoms with Crippen LogP contribution < -0.4 is 0 Å². The first-order valence-corrected chi connectivity index (χ1v) is 39.6. The largest absolute Gasteiger partial charge is 0.370 e. The maximum absolute atomic E-state index is 7.59. The van der Waals surface area contributed by atoms with Crippen LogP contribution >= 0.6 is 0 Å². The number of nitrogens with zero attached hydrogens (tertiary/aromatic N) is 16. The molecule has 0 spiro atoms. The lowest BCUT2D eigenvalue weighted by molar-refractivity contribution is 1.20. The van der Waals surface area contributed by atoms with E-state index in [1.54, 1.807) is 12.4 Å². The highest BCUT2D eigenvalue weighted by Crippen LogP contribution is 2.48. The summed E-state index contributed by atoms with van der Waals surface area (Å²) >= 11 is 0. The Morgan fingerprint density at radius 3 is 0.867 bits per heavy atom. The Balaban J connectivity index is 0.0000000887. The molecular weight excluding hydrogens is 1470 g/mol. The molecule has 0 unspecified atom stereocenters. The third-order valence-electron chi connectivity index (χ3n) is 24.0. The molecule has 0 aliphatic heterocycles. The highest BCUT2D eigenvalue weighted by atomic mass is 15.1. The summed E-state index contributed by atoms with van der Waals surface area (Å²) in [6.07, 6.45) is 7.28. The van der Waals surface area contributed by atoms with Crippen molar-refractivity contribution in [1.82, 2.24) is 67.4 Å². The van der Waals surface area contributed by atoms with Gasteiger partial charge in [-0.25, -0.2) is 29.9 Å². The van der Waals surface area contributed by atoms with Gasteiger partial charge < -0.3 is 9.69 Å². The molecule has 12 aromatic heterocycles. The third-order valence-corrected chi connectivity index (χ3v) is 24.0. The van der Waals surface area contributed by atoms with Crippen molar-refractivity contribution in [3.63, 3.8) is 0 Å². The van der Waals surface area contributed by atoms with Crippen molar-refractivity contribution >= 4 is 252 Å². The van der Waals surface area contributed by atoms with Crippen LogP contribution in [0.3, 0.4) is 0 Å². The molecule has 0 aliphatic rings. The Labute approximate surface area is 678 Å². The van der Waals surface area contributed by atoms with Crippen molar-refractivity contribution in [2.24, 2.45) is 0 Å². The molecule has 28 rings (SSSR count). The van der Waals surface area contributed by atoms with Gasteiger partial charge in [-0.2, -0.15) is 0 Å². The van der Waals surface area contributed by atoms with Crippen molar-refractivity contribution < 1.29 is 0 Å². The van der Waals surface area contributed by atoms with E-state index in [0.717, 1.165) is 143 Å². The van der Waals surface area contributed by atoms with E-state index in [1.807, 2.05) is 102 Å². The number of aromatic nitrogens is 14. The van der Waals surface area contributed by atoms with Gasteiger partial charge in [0.25, 0.3) is 17.3 Å². The second-order valence-corrected chi connectivity index (χ2v) is 30.1. The molecule has 0 radical (unpaired) electrons. The van der Waals surface area contributed by atoms with Gasteiger partial charge in [-0.15, -0.1) is 9.97 Å². The molecule has 16 nitrogen and oxygen atoms in total. The van der Waals surface area contributed by atoms with E-state index in [1.165, 1.54) is 86.2 Å². The van der Waals surface area contributed by atoms with Crippen LogP contribution in [-0.2, 0) is 0 Å². The van der Waals surface area contributed by atoms with Gasteiger partial charge in [0.05, 0.1) is 55.2 Å². The summed E-state index contributed by atoms with van der Waals surface area (Å²) in [6.45, 7) is 15.1. The van der Waals surface area contributed by atoms with Crippen LogP contribution in [0.1, 0.15) is 0 Å². The first kappa shape index (κ1) is 66.4. The number of para-hydroxylation sites is 8. The molecule has 12 heterocycles. The molecule has 0 saturated carbocycles. The maximum Gasteiger partial charge on any atom is 0.295 e. The number of benzene rings is 16. The lowest BCUT2D eigenvalue weighted by Crippen LogP contribution is -1.98. The van der Waals surface area contributed by atoms with Crippen molar-refractivity contribution in [1.29, 1.82) is 0 Å². The Kier molecular flexibility index (Phi) is 14.2. The zero-order valence-corrected chi connectivity index (χ0v) is 63.5. The van der Waals surface area contributed by atoms with Gasteiger partial charge in [0.2, 0.25) is 5.52 Å². The van der Waals surface area contributed by atoms with Crippen LogP contribution in [0.15, 0.2) is 340 Å². The molecule has 0 N–H and O–H groups in total. The number of imidazole rings is 4. The summed E-state index contributed by atoms with van der Waals surface area (Å²) in [5.74, 6) is 0.0147. The Hall–Kier alpha value is -17.1. The van der Waals surface area contributed by atoms with Gasteiger partial charge in [-0.1, -0.05) is 256 Å². The minimum absolute atomic E-state index is 0.000950. The minimum atomic E-state index is 0.000950. The SMILES string of the molecule is [C-]#[N+]c1nc2c3c4ccccc4c4ccccc4c3c3nc4ccccc4n3c2nc1[N+]#[C-].c1ccc2c(c1)nc1c3c4ccccc4c4ccccc4c3c3cccnc3n21.c1ccc2c(c1)nc1c3c4ccccc4c4ccccc4c3c3ncccc3n21.c1ccc2c(c1)nc1c3c4ccccc4c4ccccc4c3c3nccnc3n21. The summed E-state index contributed by atoms with van der Waals surface area (Å²) in [5.41, 5.74) is 17.5. The fourth-order valence-electron chi connectivity index (χ4n) is 19.3. The molecule has 0 fully saturated rings. The van der Waals surface area contributed by atoms with Crippen LogP contribution in [0.2, 0.25) is 0 Å². The van der Waals surface area contributed by atoms with Crippen LogP contribution in [0.5, 0.6) is 0 Å². The summed E-state index contributed by atoms with van der Waals surface area (Å²) in [6, 6.07) is 109. The summed E-state index contributed by atoms with van der Waals surface area (Å²) < 4.78 is 8.61. The van der Waals surface area contributed by atoms with Crippen LogP contribution in [0.25, 0.3) is 250 Å². The average Bonchev–Trinajstić information content (AvgIpc) is 1.40. The molecule has 16 aromatic carbocycles. The van der Waals surface area contributed by atoms with Gasteiger partial charge in [-0.05, 0) is 159 Å². The van der Waals surface area contributed by atoms with E-state index < -0.39 is 0 Å². The number of hydrogen-bond donors (Lipinski definition) is 0. The second-order valence-electron chi connectivity index (χ2n) is 30.1. The molecule has 16 heteroatoms. The quantitative estimate of drug-likeness (QED) is 0.106. The maximum atomic E-state index is 7.59. The molecule has 0 amide bonds. The monoisotopic (exact) mass is 1530 g/mol. The lowest BCUT2D eigenvalue weighted by atomic mass is 9.93. The van der Waals surface area contributed by atoms with Crippen molar-refractivity contribution in [2.75, 3.05) is 0 Å².